The summed E-state index contributed by atoms with van der Waals surface area (Å²) in [5.41, 5.74) is 0. The van der Waals surface area contributed by atoms with Crippen molar-refractivity contribution in [2.45, 2.75) is 6.42 Å². The Bertz CT molecular complexity index is 174. The van der Waals surface area contributed by atoms with Gasteiger partial charge in [-0.2, -0.15) is 5.26 Å². The molecule has 1 radical (unpaired) electrons. The van der Waals surface area contributed by atoms with E-state index in [1.54, 1.807) is 0 Å². The normalized spacial score (nSPS) is 25.4. The molecule has 0 aliphatic carbocycles. The van der Waals surface area contributed by atoms with Crippen LogP contribution in [0.25, 0.3) is 0 Å². The molecule has 0 bridgehead atoms. The van der Waals surface area contributed by atoms with Crippen molar-refractivity contribution < 1.29 is 18.6 Å². The Morgan fingerprint density at radius 1 is 1.77 bits per heavy atom. The second-order valence-corrected chi connectivity index (χ2v) is 3.01. The number of likely N-dealkylation sites (N-methyl/N-ethyl adjacent to an activating group) is 1. The first-order valence-electron chi connectivity index (χ1n) is 4.16. The van der Waals surface area contributed by atoms with Gasteiger partial charge in [-0.05, 0) is 0 Å². The van der Waals surface area contributed by atoms with Crippen LogP contribution >= 0.6 is 0 Å². The van der Waals surface area contributed by atoms with Gasteiger partial charge in [-0.15, -0.1) is 0 Å². The molecule has 0 amide bonds. The third-order valence-electron chi connectivity index (χ3n) is 1.94. The molecule has 1 aliphatic heterocycles. The van der Waals surface area contributed by atoms with Crippen molar-refractivity contribution in [3.05, 3.63) is 0 Å². The van der Waals surface area contributed by atoms with E-state index in [9.17, 15) is 0 Å². The number of nitrogens with zero attached hydrogens (tertiary/aromatic N) is 2. The van der Waals surface area contributed by atoms with Crippen LogP contribution in [-0.2, 0) is 9.44 Å². The van der Waals surface area contributed by atoms with Gasteiger partial charge in [0.2, 0.25) is 0 Å². The topological polar surface area (TPSA) is 50.1 Å². The van der Waals surface area contributed by atoms with Crippen molar-refractivity contribution in [3.8, 4) is 6.07 Å². The van der Waals surface area contributed by atoms with E-state index in [4.69, 9.17) is 19.4 Å². The van der Waals surface area contributed by atoms with Gasteiger partial charge in [0, 0.05) is 0 Å². The van der Waals surface area contributed by atoms with Gasteiger partial charge >= 0.3 is 12.4 Å². The van der Waals surface area contributed by atoms with E-state index in [1.165, 1.54) is 0 Å². The van der Waals surface area contributed by atoms with Gasteiger partial charge in [0.1, 0.15) is 13.2 Å². The van der Waals surface area contributed by atoms with Crippen molar-refractivity contribution in [3.63, 3.8) is 0 Å². The van der Waals surface area contributed by atoms with Crippen molar-refractivity contribution >= 4 is 7.72 Å². The molecule has 1 aliphatic rings. The van der Waals surface area contributed by atoms with Gasteiger partial charge in [0.25, 0.3) is 1.45 Å². The van der Waals surface area contributed by atoms with Crippen LogP contribution in [0.3, 0.4) is 0 Å². The third-order valence-corrected chi connectivity index (χ3v) is 1.94. The van der Waals surface area contributed by atoms with Crippen molar-refractivity contribution in [1.29, 1.82) is 6.71 Å². The molecule has 1 atom stereocenters. The van der Waals surface area contributed by atoms with Crippen LogP contribution in [-0.4, -0.2) is 47.1 Å². The predicted molar refractivity (Wildman–Crippen MR) is 45.9 cm³/mol. The first kappa shape index (κ1) is 12.2. The van der Waals surface area contributed by atoms with E-state index in [-0.39, 0.29) is 0 Å². The Labute approximate surface area is 80.0 Å². The van der Waals surface area contributed by atoms with E-state index in [0.29, 0.717) is 6.42 Å². The Hall–Kier alpha value is -0.795. The summed E-state index contributed by atoms with van der Waals surface area (Å²) in [6.45, 7) is 3.61. The van der Waals surface area contributed by atoms with Crippen molar-refractivity contribution in [2.24, 2.45) is 0 Å². The van der Waals surface area contributed by atoms with Crippen LogP contribution in [0.1, 0.15) is 6.42 Å². The average Bonchev–Trinajstić information content (AvgIpc) is 2.69. The Kier molecular flexibility index (Phi) is 7.35. The number of rotatable bonds is 2. The van der Waals surface area contributed by atoms with E-state index in [2.05, 4.69) is 22.3 Å². The molecule has 1 rings (SSSR count). The van der Waals surface area contributed by atoms with Gasteiger partial charge in [-0.25, -0.2) is 0 Å². The molecular formula is C7H14BFN2O2+. The molecular weight excluding hydrogens is 174 g/mol. The quantitative estimate of drug-likeness (QED) is 0.453. The first-order valence-corrected chi connectivity index (χ1v) is 3.79. The van der Waals surface area contributed by atoms with Crippen molar-refractivity contribution in [1.82, 2.24) is 0 Å². The number of ether oxygens (including phenoxy) is 1. The monoisotopic (exact) mass is 189 g/mol. The zero-order valence-corrected chi connectivity index (χ0v) is 7.70. The average molecular weight is 189 g/mol. The maximum absolute atomic E-state index is 8.75. The third kappa shape index (κ3) is 5.44. The summed E-state index contributed by atoms with van der Waals surface area (Å²) in [5, 5.41) is 8.34. The van der Waals surface area contributed by atoms with E-state index in [1.807, 2.05) is 0 Å². The standard InChI is InChI=1S/C7H13N2O.BO.FH/c1-9(4-2-3-8)5-6-10-7-9;1-2;/h2,4-7H2,1H3;;1H/q+1;;/i/hD. The number of halogens is 1. The minimum atomic E-state index is 0.639. The summed E-state index contributed by atoms with van der Waals surface area (Å²) in [6.07, 6.45) is 0.639. The van der Waals surface area contributed by atoms with Crippen LogP contribution < -0.4 is 0 Å². The molecule has 0 saturated carbocycles. The van der Waals surface area contributed by atoms with Crippen LogP contribution in [0.5, 0.6) is 0 Å². The summed E-state index contributed by atoms with van der Waals surface area (Å²) in [4.78, 5) is 0. The van der Waals surface area contributed by atoms with Crippen LogP contribution in [0, 0.1) is 11.3 Å². The molecule has 0 aromatic carbocycles. The summed E-state index contributed by atoms with van der Waals surface area (Å²) >= 11 is 0. The van der Waals surface area contributed by atoms with Crippen molar-refractivity contribution in [2.75, 3.05) is 33.5 Å². The molecule has 1 fully saturated rings. The molecule has 0 aromatic rings. The van der Waals surface area contributed by atoms with E-state index >= 15 is 0 Å². The van der Waals surface area contributed by atoms with Gasteiger partial charge in [0.05, 0.1) is 26.1 Å². The van der Waals surface area contributed by atoms with E-state index in [0.717, 1.165) is 30.9 Å². The Morgan fingerprint density at radius 2 is 2.38 bits per heavy atom. The summed E-state index contributed by atoms with van der Waals surface area (Å²) in [6, 6.07) is 2.15. The maximum atomic E-state index is 8.75. The summed E-state index contributed by atoms with van der Waals surface area (Å²) in [7, 11) is 5.38. The number of hydrogen-bond donors (Lipinski definition) is 0. The van der Waals surface area contributed by atoms with Gasteiger partial charge in [-0.3, -0.25) is 4.72 Å². The fourth-order valence-electron chi connectivity index (χ4n) is 1.13. The van der Waals surface area contributed by atoms with Gasteiger partial charge < -0.3 is 9.22 Å². The Balaban J connectivity index is 0. The molecule has 1 heterocycles. The van der Waals surface area contributed by atoms with Crippen LogP contribution in [0.4, 0.5) is 4.72 Å². The molecule has 4 nitrogen and oxygen atoms in total. The number of quaternary nitrogens is 1. The van der Waals surface area contributed by atoms with Crippen LogP contribution in [0.15, 0.2) is 0 Å². The molecule has 73 valence electrons. The zero-order chi connectivity index (χ0) is 11.4. The first-order chi connectivity index (χ1) is 6.77. The molecule has 13 heavy (non-hydrogen) atoms. The summed E-state index contributed by atoms with van der Waals surface area (Å²) in [5.74, 6) is 0. The van der Waals surface area contributed by atoms with Crippen LogP contribution in [0.2, 0.25) is 0 Å². The minimum absolute atomic E-state index is 0.639. The molecule has 1 saturated heterocycles. The second kappa shape index (κ2) is 7.83. The number of hydrogen-bond acceptors (Lipinski definition) is 3. The molecule has 0 aromatic heterocycles. The van der Waals surface area contributed by atoms with E-state index < -0.39 is 0 Å². The summed E-state index contributed by atoms with van der Waals surface area (Å²) < 4.78 is 26.9. The molecule has 0 N–H and O–H groups in total. The fraction of sp³-hybridized carbons (Fsp3) is 0.857. The van der Waals surface area contributed by atoms with Gasteiger partial charge in [-0.1, -0.05) is 0 Å². The predicted octanol–water partition coefficient (Wildman–Crippen LogP) is -0.0127. The zero-order valence-electron chi connectivity index (χ0n) is 8.70. The second-order valence-electron chi connectivity index (χ2n) is 3.01. The molecule has 6 heteroatoms. The van der Waals surface area contributed by atoms with Gasteiger partial charge in [0.15, 0.2) is 6.73 Å². The molecule has 0 spiro atoms. The number of nitriles is 1. The molecule has 1 unspecified atom stereocenters. The Morgan fingerprint density at radius 3 is 2.77 bits per heavy atom. The SMILES string of the molecule is C[N+]1(CCC#N)CCOC1.[2H]F.[B]=O. The fourth-order valence-corrected chi connectivity index (χ4v) is 1.13.